The highest BCUT2D eigenvalue weighted by atomic mass is 35.5. The second-order valence-electron chi connectivity index (χ2n) is 6.11. The van der Waals surface area contributed by atoms with Gasteiger partial charge in [0.15, 0.2) is 0 Å². The number of rotatable bonds is 5. The number of hydrogen-bond acceptors (Lipinski definition) is 3. The number of para-hydroxylation sites is 1. The molecule has 0 unspecified atom stereocenters. The second kappa shape index (κ2) is 8.48. The van der Waals surface area contributed by atoms with Crippen molar-refractivity contribution in [1.82, 2.24) is 4.90 Å². The first-order valence-corrected chi connectivity index (χ1v) is 9.86. The van der Waals surface area contributed by atoms with Crippen molar-refractivity contribution in [3.63, 3.8) is 0 Å². The van der Waals surface area contributed by atoms with Gasteiger partial charge in [0.25, 0.3) is 0 Å². The standard InChI is InChI=1S/C19H21Cl2NOS/c20-15-6-5-14(17(21)13-15)7-10-22-11-8-16(9-12-22)24-19-4-2-1-3-18(19)23/h1-6,13,16,23H,7-12H2. The third-order valence-electron chi connectivity index (χ3n) is 4.41. The third-order valence-corrected chi connectivity index (χ3v) is 6.40. The summed E-state index contributed by atoms with van der Waals surface area (Å²) in [6, 6.07) is 13.3. The predicted octanol–water partition coefficient (Wildman–Crippen LogP) is 5.50. The zero-order valence-corrected chi connectivity index (χ0v) is 15.7. The lowest BCUT2D eigenvalue weighted by atomic mass is 10.1. The Kier molecular flexibility index (Phi) is 6.34. The number of nitrogens with zero attached hydrogens (tertiary/aromatic N) is 1. The van der Waals surface area contributed by atoms with E-state index in [0.717, 1.165) is 54.4 Å². The lowest BCUT2D eigenvalue weighted by molar-refractivity contribution is 0.235. The molecule has 1 N–H and O–H groups in total. The van der Waals surface area contributed by atoms with Crippen molar-refractivity contribution >= 4 is 35.0 Å². The Hall–Kier alpha value is -0.870. The Morgan fingerprint density at radius 1 is 1.08 bits per heavy atom. The van der Waals surface area contributed by atoms with Gasteiger partial charge in [-0.05, 0) is 62.2 Å². The number of likely N-dealkylation sites (tertiary alicyclic amines) is 1. The Balaban J connectivity index is 1.46. The van der Waals surface area contributed by atoms with Crippen molar-refractivity contribution in [3.8, 4) is 5.75 Å². The van der Waals surface area contributed by atoms with Gasteiger partial charge in [-0.25, -0.2) is 0 Å². The molecule has 3 rings (SSSR count). The summed E-state index contributed by atoms with van der Waals surface area (Å²) in [7, 11) is 0. The molecule has 1 saturated heterocycles. The molecule has 1 heterocycles. The Morgan fingerprint density at radius 2 is 1.83 bits per heavy atom. The SMILES string of the molecule is Oc1ccccc1SC1CCN(CCc2ccc(Cl)cc2Cl)CC1. The minimum atomic E-state index is 0.391. The van der Waals surface area contributed by atoms with Crippen molar-refractivity contribution in [2.75, 3.05) is 19.6 Å². The maximum absolute atomic E-state index is 9.90. The van der Waals surface area contributed by atoms with E-state index >= 15 is 0 Å². The van der Waals surface area contributed by atoms with Gasteiger partial charge in [0.05, 0.1) is 0 Å². The summed E-state index contributed by atoms with van der Waals surface area (Å²) < 4.78 is 0. The number of piperidine rings is 1. The second-order valence-corrected chi connectivity index (χ2v) is 8.30. The summed E-state index contributed by atoms with van der Waals surface area (Å²) in [5.74, 6) is 0.391. The number of phenols is 1. The minimum Gasteiger partial charge on any atom is -0.507 e. The first kappa shape index (κ1) is 17.9. The summed E-state index contributed by atoms with van der Waals surface area (Å²) in [6.45, 7) is 3.21. The number of aromatic hydroxyl groups is 1. The number of benzene rings is 2. The fourth-order valence-corrected chi connectivity index (χ4v) is 4.64. The van der Waals surface area contributed by atoms with Crippen LogP contribution in [0.2, 0.25) is 10.0 Å². The fraction of sp³-hybridized carbons (Fsp3) is 0.368. The fourth-order valence-electron chi connectivity index (χ4n) is 2.99. The van der Waals surface area contributed by atoms with Gasteiger partial charge >= 0.3 is 0 Å². The highest BCUT2D eigenvalue weighted by Gasteiger charge is 2.20. The summed E-state index contributed by atoms with van der Waals surface area (Å²) in [5.41, 5.74) is 1.16. The van der Waals surface area contributed by atoms with Crippen molar-refractivity contribution in [1.29, 1.82) is 0 Å². The van der Waals surface area contributed by atoms with Gasteiger partial charge < -0.3 is 10.0 Å². The molecule has 2 nitrogen and oxygen atoms in total. The molecule has 24 heavy (non-hydrogen) atoms. The van der Waals surface area contributed by atoms with Crippen LogP contribution in [0.25, 0.3) is 0 Å². The van der Waals surface area contributed by atoms with E-state index in [2.05, 4.69) is 4.90 Å². The average molecular weight is 382 g/mol. The molecule has 1 fully saturated rings. The number of halogens is 2. The van der Waals surface area contributed by atoms with Crippen molar-refractivity contribution < 1.29 is 5.11 Å². The van der Waals surface area contributed by atoms with Gasteiger partial charge in [-0.15, -0.1) is 11.8 Å². The van der Waals surface area contributed by atoms with E-state index in [-0.39, 0.29) is 0 Å². The molecule has 1 aliphatic heterocycles. The van der Waals surface area contributed by atoms with Gasteiger partial charge in [-0.1, -0.05) is 41.4 Å². The molecule has 0 saturated carbocycles. The molecule has 0 spiro atoms. The molecule has 128 valence electrons. The number of hydrogen-bond donors (Lipinski definition) is 1. The maximum atomic E-state index is 9.90. The molecule has 5 heteroatoms. The molecule has 0 atom stereocenters. The minimum absolute atomic E-state index is 0.391. The van der Waals surface area contributed by atoms with E-state index in [1.54, 1.807) is 17.8 Å². The van der Waals surface area contributed by atoms with E-state index in [0.29, 0.717) is 16.0 Å². The first-order valence-electron chi connectivity index (χ1n) is 8.23. The molecule has 2 aromatic carbocycles. The molecule has 0 radical (unpaired) electrons. The van der Waals surface area contributed by atoms with E-state index in [1.807, 2.05) is 36.4 Å². The van der Waals surface area contributed by atoms with Crippen LogP contribution in [0.3, 0.4) is 0 Å². The summed E-state index contributed by atoms with van der Waals surface area (Å²) in [6.07, 6.45) is 3.24. The monoisotopic (exact) mass is 381 g/mol. The summed E-state index contributed by atoms with van der Waals surface area (Å²) >= 11 is 14.0. The normalized spacial score (nSPS) is 16.4. The van der Waals surface area contributed by atoms with Crippen LogP contribution in [0.5, 0.6) is 5.75 Å². The van der Waals surface area contributed by atoms with Crippen molar-refractivity contribution in [2.45, 2.75) is 29.4 Å². The first-order chi connectivity index (χ1) is 11.6. The van der Waals surface area contributed by atoms with Gasteiger partial charge in [0.2, 0.25) is 0 Å². The van der Waals surface area contributed by atoms with Crippen LogP contribution < -0.4 is 0 Å². The number of phenolic OH excluding ortho intramolecular Hbond substituents is 1. The summed E-state index contributed by atoms with van der Waals surface area (Å²) in [4.78, 5) is 3.48. The smallest absolute Gasteiger partial charge is 0.129 e. The van der Waals surface area contributed by atoms with Gasteiger partial charge in [-0.2, -0.15) is 0 Å². The van der Waals surface area contributed by atoms with E-state index in [4.69, 9.17) is 23.2 Å². The quantitative estimate of drug-likeness (QED) is 0.739. The predicted molar refractivity (Wildman–Crippen MR) is 104 cm³/mol. The van der Waals surface area contributed by atoms with Crippen LogP contribution in [0, 0.1) is 0 Å². The van der Waals surface area contributed by atoms with E-state index < -0.39 is 0 Å². The van der Waals surface area contributed by atoms with Crippen LogP contribution in [-0.4, -0.2) is 34.9 Å². The topological polar surface area (TPSA) is 23.5 Å². The molecule has 2 aromatic rings. The number of thioether (sulfide) groups is 1. The van der Waals surface area contributed by atoms with Crippen LogP contribution in [0.15, 0.2) is 47.4 Å². The molecule has 0 aromatic heterocycles. The van der Waals surface area contributed by atoms with Gasteiger partial charge in [0.1, 0.15) is 5.75 Å². The molecular formula is C19H21Cl2NOS. The van der Waals surface area contributed by atoms with Crippen molar-refractivity contribution in [3.05, 3.63) is 58.1 Å². The third kappa shape index (κ3) is 4.82. The highest BCUT2D eigenvalue weighted by molar-refractivity contribution is 8.00. The highest BCUT2D eigenvalue weighted by Crippen LogP contribution is 2.35. The van der Waals surface area contributed by atoms with Crippen LogP contribution in [0.4, 0.5) is 0 Å². The van der Waals surface area contributed by atoms with Gasteiger partial charge in [0, 0.05) is 26.7 Å². The van der Waals surface area contributed by atoms with Crippen LogP contribution in [0.1, 0.15) is 18.4 Å². The molecule has 1 aliphatic rings. The zero-order chi connectivity index (χ0) is 16.9. The Morgan fingerprint density at radius 3 is 2.54 bits per heavy atom. The average Bonchev–Trinajstić information content (AvgIpc) is 2.57. The van der Waals surface area contributed by atoms with Crippen LogP contribution in [-0.2, 0) is 6.42 Å². The largest absolute Gasteiger partial charge is 0.507 e. The Bertz CT molecular complexity index is 687. The van der Waals surface area contributed by atoms with E-state index in [1.165, 1.54) is 0 Å². The van der Waals surface area contributed by atoms with Gasteiger partial charge in [-0.3, -0.25) is 0 Å². The molecule has 0 amide bonds. The molecule has 0 bridgehead atoms. The zero-order valence-electron chi connectivity index (χ0n) is 13.4. The maximum Gasteiger partial charge on any atom is 0.129 e. The van der Waals surface area contributed by atoms with E-state index in [9.17, 15) is 5.11 Å². The van der Waals surface area contributed by atoms with Crippen molar-refractivity contribution in [2.24, 2.45) is 0 Å². The molecular weight excluding hydrogens is 361 g/mol. The molecule has 0 aliphatic carbocycles. The lowest BCUT2D eigenvalue weighted by Crippen LogP contribution is -2.36. The van der Waals surface area contributed by atoms with Crippen LogP contribution >= 0.6 is 35.0 Å². The summed E-state index contributed by atoms with van der Waals surface area (Å²) in [5, 5.41) is 11.9. The Labute approximate surface area is 157 Å². The lowest BCUT2D eigenvalue weighted by Gasteiger charge is -2.31.